The third-order valence-electron chi connectivity index (χ3n) is 5.19. The summed E-state index contributed by atoms with van der Waals surface area (Å²) >= 11 is 0. The molecule has 1 aliphatic rings. The van der Waals surface area contributed by atoms with Crippen molar-refractivity contribution in [2.24, 2.45) is 17.1 Å². The summed E-state index contributed by atoms with van der Waals surface area (Å²) in [4.78, 5) is 0. The lowest BCUT2D eigenvalue weighted by Gasteiger charge is -2.44. The molecule has 0 radical (unpaired) electrons. The molecule has 0 aliphatic heterocycles. The highest BCUT2D eigenvalue weighted by Gasteiger charge is 2.38. The molecule has 0 amide bonds. The van der Waals surface area contributed by atoms with Crippen molar-refractivity contribution >= 4 is 0 Å². The van der Waals surface area contributed by atoms with Crippen LogP contribution in [0.4, 0.5) is 0 Å². The molecule has 4 N–H and O–H groups in total. The standard InChI is InChI=1S/C16H33N.H2O/c1-4-5-6-7-8-12-15(17)16(3)13-10-9-11-14(16)2;/h14-15H,4-13,17H2,1-3H3;1H2. The van der Waals surface area contributed by atoms with Crippen LogP contribution in [0.1, 0.15) is 85.0 Å². The summed E-state index contributed by atoms with van der Waals surface area (Å²) in [6.45, 7) is 7.13. The molecule has 2 nitrogen and oxygen atoms in total. The number of nitrogens with two attached hydrogens (primary N) is 1. The van der Waals surface area contributed by atoms with E-state index in [4.69, 9.17) is 5.73 Å². The molecule has 0 aromatic rings. The zero-order valence-corrected chi connectivity index (χ0v) is 12.8. The summed E-state index contributed by atoms with van der Waals surface area (Å²) in [6.07, 6.45) is 13.6. The van der Waals surface area contributed by atoms with E-state index in [1.165, 1.54) is 64.2 Å². The van der Waals surface area contributed by atoms with Crippen molar-refractivity contribution in [1.82, 2.24) is 0 Å². The third kappa shape index (κ3) is 4.89. The quantitative estimate of drug-likeness (QED) is 0.687. The van der Waals surface area contributed by atoms with E-state index in [2.05, 4.69) is 20.8 Å². The summed E-state index contributed by atoms with van der Waals surface area (Å²) < 4.78 is 0. The van der Waals surface area contributed by atoms with Crippen molar-refractivity contribution < 1.29 is 5.48 Å². The Bertz CT molecular complexity index is 207. The molecule has 0 aromatic heterocycles. The van der Waals surface area contributed by atoms with Gasteiger partial charge in [-0.25, -0.2) is 0 Å². The number of hydrogen-bond acceptors (Lipinski definition) is 1. The summed E-state index contributed by atoms with van der Waals surface area (Å²) in [5, 5.41) is 0. The fourth-order valence-corrected chi connectivity index (χ4v) is 3.38. The Hall–Kier alpha value is -0.0800. The van der Waals surface area contributed by atoms with Gasteiger partial charge in [0.05, 0.1) is 0 Å². The van der Waals surface area contributed by atoms with E-state index < -0.39 is 0 Å². The fraction of sp³-hybridized carbons (Fsp3) is 1.00. The van der Waals surface area contributed by atoms with Crippen LogP contribution in [0.2, 0.25) is 0 Å². The van der Waals surface area contributed by atoms with Gasteiger partial charge in [-0.1, -0.05) is 72.1 Å². The maximum Gasteiger partial charge on any atom is 0.00954 e. The third-order valence-corrected chi connectivity index (χ3v) is 5.19. The molecule has 110 valence electrons. The summed E-state index contributed by atoms with van der Waals surface area (Å²) in [7, 11) is 0. The van der Waals surface area contributed by atoms with E-state index in [1.807, 2.05) is 0 Å². The van der Waals surface area contributed by atoms with E-state index in [0.29, 0.717) is 11.5 Å². The zero-order valence-electron chi connectivity index (χ0n) is 12.8. The summed E-state index contributed by atoms with van der Waals surface area (Å²) in [5.74, 6) is 0.821. The lowest BCUT2D eigenvalue weighted by molar-refractivity contribution is 0.0896. The maximum absolute atomic E-state index is 6.49. The van der Waals surface area contributed by atoms with Gasteiger partial charge in [0.15, 0.2) is 0 Å². The van der Waals surface area contributed by atoms with Crippen LogP contribution < -0.4 is 5.73 Å². The molecular formula is C16H35NO. The van der Waals surface area contributed by atoms with Gasteiger partial charge in [-0.3, -0.25) is 0 Å². The molecule has 0 heterocycles. The molecule has 0 spiro atoms. The Balaban J connectivity index is 0.00000289. The molecule has 1 aliphatic carbocycles. The highest BCUT2D eigenvalue weighted by molar-refractivity contribution is 4.91. The molecule has 2 heteroatoms. The van der Waals surface area contributed by atoms with Crippen LogP contribution in [-0.4, -0.2) is 11.5 Å². The molecule has 0 bridgehead atoms. The van der Waals surface area contributed by atoms with Gasteiger partial charge >= 0.3 is 0 Å². The second kappa shape index (κ2) is 8.92. The number of hydrogen-bond donors (Lipinski definition) is 1. The molecule has 18 heavy (non-hydrogen) atoms. The second-order valence-electron chi connectivity index (χ2n) is 6.46. The molecule has 3 atom stereocenters. The zero-order chi connectivity index (χ0) is 12.7. The number of unbranched alkanes of at least 4 members (excludes halogenated alkanes) is 4. The highest BCUT2D eigenvalue weighted by atomic mass is 16.0. The van der Waals surface area contributed by atoms with Crippen LogP contribution in [0.5, 0.6) is 0 Å². The van der Waals surface area contributed by atoms with Crippen molar-refractivity contribution in [1.29, 1.82) is 0 Å². The predicted octanol–water partition coefficient (Wildman–Crippen LogP) is 4.07. The smallest absolute Gasteiger partial charge is 0.00954 e. The summed E-state index contributed by atoms with van der Waals surface area (Å²) in [6, 6.07) is 0.430. The normalized spacial score (nSPS) is 29.7. The van der Waals surface area contributed by atoms with Crippen molar-refractivity contribution in [3.63, 3.8) is 0 Å². The molecular weight excluding hydrogens is 222 g/mol. The first-order chi connectivity index (χ1) is 8.11. The molecule has 1 rings (SSSR count). The fourth-order valence-electron chi connectivity index (χ4n) is 3.38. The topological polar surface area (TPSA) is 57.5 Å². The lowest BCUT2D eigenvalue weighted by atomic mass is 9.63. The Kier molecular flexibility index (Phi) is 8.89. The van der Waals surface area contributed by atoms with Crippen LogP contribution in [0.3, 0.4) is 0 Å². The average molecular weight is 257 g/mol. The highest BCUT2D eigenvalue weighted by Crippen LogP contribution is 2.43. The van der Waals surface area contributed by atoms with Gasteiger partial charge < -0.3 is 11.2 Å². The van der Waals surface area contributed by atoms with Crippen molar-refractivity contribution in [2.75, 3.05) is 0 Å². The molecule has 1 saturated carbocycles. The van der Waals surface area contributed by atoms with Crippen molar-refractivity contribution in [3.05, 3.63) is 0 Å². The molecule has 0 aromatic carbocycles. The largest absolute Gasteiger partial charge is 0.412 e. The van der Waals surface area contributed by atoms with Gasteiger partial charge in [0.1, 0.15) is 0 Å². The Labute approximate surface area is 114 Å². The second-order valence-corrected chi connectivity index (χ2v) is 6.46. The van der Waals surface area contributed by atoms with Crippen LogP contribution in [0.25, 0.3) is 0 Å². The first-order valence-electron chi connectivity index (χ1n) is 7.87. The van der Waals surface area contributed by atoms with E-state index in [9.17, 15) is 0 Å². The minimum absolute atomic E-state index is 0. The monoisotopic (exact) mass is 257 g/mol. The van der Waals surface area contributed by atoms with Crippen molar-refractivity contribution in [2.45, 2.75) is 91.0 Å². The lowest BCUT2D eigenvalue weighted by Crippen LogP contribution is -2.45. The van der Waals surface area contributed by atoms with Crippen LogP contribution in [0, 0.1) is 11.3 Å². The predicted molar refractivity (Wildman–Crippen MR) is 80.7 cm³/mol. The van der Waals surface area contributed by atoms with Gasteiger partial charge in [-0.2, -0.15) is 0 Å². The van der Waals surface area contributed by atoms with E-state index in [1.54, 1.807) is 0 Å². The molecule has 1 fully saturated rings. The van der Waals surface area contributed by atoms with E-state index in [0.717, 1.165) is 5.92 Å². The average Bonchev–Trinajstić information content (AvgIpc) is 2.32. The Morgan fingerprint density at radius 1 is 1.17 bits per heavy atom. The van der Waals surface area contributed by atoms with Gasteiger partial charge in [0.2, 0.25) is 0 Å². The Morgan fingerprint density at radius 3 is 2.44 bits per heavy atom. The first-order valence-corrected chi connectivity index (χ1v) is 7.87. The molecule has 3 unspecified atom stereocenters. The minimum atomic E-state index is 0. The Morgan fingerprint density at radius 2 is 1.83 bits per heavy atom. The van der Waals surface area contributed by atoms with Gasteiger partial charge in [-0.15, -0.1) is 0 Å². The van der Waals surface area contributed by atoms with Gasteiger partial charge in [0.25, 0.3) is 0 Å². The minimum Gasteiger partial charge on any atom is -0.412 e. The van der Waals surface area contributed by atoms with Crippen LogP contribution >= 0.6 is 0 Å². The van der Waals surface area contributed by atoms with Crippen LogP contribution in [0.15, 0.2) is 0 Å². The SMILES string of the molecule is CCCCCCCC(N)C1(C)CCCCC1C.O. The first kappa shape index (κ1) is 17.9. The maximum atomic E-state index is 6.49. The summed E-state index contributed by atoms with van der Waals surface area (Å²) in [5.41, 5.74) is 6.91. The van der Waals surface area contributed by atoms with E-state index >= 15 is 0 Å². The molecule has 0 saturated heterocycles. The number of rotatable bonds is 7. The van der Waals surface area contributed by atoms with Crippen LogP contribution in [-0.2, 0) is 0 Å². The van der Waals surface area contributed by atoms with E-state index in [-0.39, 0.29) is 5.48 Å². The van der Waals surface area contributed by atoms with Crippen molar-refractivity contribution in [3.8, 4) is 0 Å². The van der Waals surface area contributed by atoms with Gasteiger partial charge in [-0.05, 0) is 24.2 Å². The van der Waals surface area contributed by atoms with Gasteiger partial charge in [0, 0.05) is 6.04 Å².